The van der Waals surface area contributed by atoms with E-state index in [-0.39, 0.29) is 11.6 Å². The summed E-state index contributed by atoms with van der Waals surface area (Å²) in [5, 5.41) is 0.666. The summed E-state index contributed by atoms with van der Waals surface area (Å²) in [6, 6.07) is 7.63. The fourth-order valence-corrected chi connectivity index (χ4v) is 4.53. The second-order valence-electron chi connectivity index (χ2n) is 7.81. The quantitative estimate of drug-likeness (QED) is 0.682. The van der Waals surface area contributed by atoms with Gasteiger partial charge in [-0.05, 0) is 32.0 Å². The number of nitrogens with zero attached hydrogens (tertiary/aromatic N) is 6. The van der Waals surface area contributed by atoms with Crippen molar-refractivity contribution < 1.29 is 0 Å². The number of aromatic nitrogens is 4. The van der Waals surface area contributed by atoms with Crippen molar-refractivity contribution in [3.05, 3.63) is 58.0 Å². The molecule has 0 amide bonds. The zero-order valence-electron chi connectivity index (χ0n) is 16.3. The van der Waals surface area contributed by atoms with Crippen molar-refractivity contribution in [2.45, 2.75) is 31.8 Å². The Labute approximate surface area is 163 Å². The predicted octanol–water partition coefficient (Wildman–Crippen LogP) is 2.05. The molecule has 7 heteroatoms. The number of para-hydroxylation sites is 1. The van der Waals surface area contributed by atoms with Gasteiger partial charge < -0.3 is 9.80 Å². The van der Waals surface area contributed by atoms with Crippen molar-refractivity contribution in [1.82, 2.24) is 24.4 Å². The van der Waals surface area contributed by atoms with Crippen molar-refractivity contribution >= 4 is 16.7 Å². The first-order valence-electron chi connectivity index (χ1n) is 9.87. The first-order chi connectivity index (χ1) is 13.6. The molecule has 0 bridgehead atoms. The van der Waals surface area contributed by atoms with Gasteiger partial charge in [-0.25, -0.2) is 15.0 Å². The van der Waals surface area contributed by atoms with Crippen molar-refractivity contribution in [3.63, 3.8) is 0 Å². The molecular weight excluding hydrogens is 352 g/mol. The van der Waals surface area contributed by atoms with Crippen molar-refractivity contribution in [3.8, 4) is 0 Å². The van der Waals surface area contributed by atoms with Gasteiger partial charge in [-0.3, -0.25) is 9.36 Å². The second kappa shape index (κ2) is 6.67. The Bertz CT molecular complexity index is 1110. The summed E-state index contributed by atoms with van der Waals surface area (Å²) in [5.41, 5.74) is 3.14. The van der Waals surface area contributed by atoms with E-state index in [1.165, 1.54) is 5.56 Å². The minimum atomic E-state index is 0.0110. The van der Waals surface area contributed by atoms with E-state index >= 15 is 0 Å². The van der Waals surface area contributed by atoms with E-state index < -0.39 is 0 Å². The van der Waals surface area contributed by atoms with Crippen LogP contribution in [0, 0.1) is 0 Å². The summed E-state index contributed by atoms with van der Waals surface area (Å²) in [4.78, 5) is 31.6. The summed E-state index contributed by atoms with van der Waals surface area (Å²) in [6.07, 6.45) is 4.66. The van der Waals surface area contributed by atoms with E-state index in [1.54, 1.807) is 10.9 Å². The van der Waals surface area contributed by atoms with Crippen LogP contribution in [-0.2, 0) is 20.0 Å². The highest BCUT2D eigenvalue weighted by Gasteiger charge is 2.33. The maximum atomic E-state index is 12.9. The molecule has 5 rings (SSSR count). The van der Waals surface area contributed by atoms with Crippen LogP contribution in [-0.4, -0.2) is 44.6 Å². The Morgan fingerprint density at radius 2 is 1.96 bits per heavy atom. The lowest BCUT2D eigenvalue weighted by atomic mass is 10.1. The molecule has 0 N–H and O–H groups in total. The van der Waals surface area contributed by atoms with E-state index in [2.05, 4.69) is 26.8 Å². The molecule has 1 atom stereocenters. The molecule has 2 aliphatic rings. The van der Waals surface area contributed by atoms with Crippen LogP contribution in [0.4, 0.5) is 5.82 Å². The lowest BCUT2D eigenvalue weighted by Crippen LogP contribution is -2.34. The molecule has 0 saturated carbocycles. The molecule has 2 aliphatic heterocycles. The molecular formula is C21H24N6O. The van der Waals surface area contributed by atoms with E-state index in [4.69, 9.17) is 4.98 Å². The van der Waals surface area contributed by atoms with Crippen LogP contribution in [0.5, 0.6) is 0 Å². The molecule has 2 aromatic heterocycles. The lowest BCUT2D eigenvalue weighted by molar-refractivity contribution is 0.309. The Morgan fingerprint density at radius 3 is 2.86 bits per heavy atom. The fourth-order valence-electron chi connectivity index (χ4n) is 4.53. The number of likely N-dealkylation sites (N-methyl/N-ethyl adjacent to an activating group) is 1. The zero-order chi connectivity index (χ0) is 19.3. The zero-order valence-corrected chi connectivity index (χ0v) is 16.3. The molecule has 28 heavy (non-hydrogen) atoms. The Hall–Kier alpha value is -2.80. The van der Waals surface area contributed by atoms with Crippen molar-refractivity contribution in [2.24, 2.45) is 7.05 Å². The SMILES string of the molecule is CN1CCc2ncnc(N3CCCC3c3nc4ccccc4c(=O)n3C)c2C1. The Kier molecular flexibility index (Phi) is 4.12. The summed E-state index contributed by atoms with van der Waals surface area (Å²) >= 11 is 0. The first-order valence-corrected chi connectivity index (χ1v) is 9.87. The highest BCUT2D eigenvalue weighted by Crippen LogP contribution is 2.37. The Balaban J connectivity index is 1.62. The molecule has 0 radical (unpaired) electrons. The van der Waals surface area contributed by atoms with E-state index in [9.17, 15) is 4.79 Å². The van der Waals surface area contributed by atoms with Gasteiger partial charge in [-0.15, -0.1) is 0 Å². The molecule has 0 spiro atoms. The fraction of sp³-hybridized carbons (Fsp3) is 0.429. The predicted molar refractivity (Wildman–Crippen MR) is 108 cm³/mol. The number of hydrogen-bond acceptors (Lipinski definition) is 6. The number of hydrogen-bond donors (Lipinski definition) is 0. The highest BCUT2D eigenvalue weighted by molar-refractivity contribution is 5.77. The van der Waals surface area contributed by atoms with E-state index in [0.717, 1.165) is 61.7 Å². The molecule has 0 aliphatic carbocycles. The van der Waals surface area contributed by atoms with E-state index in [0.29, 0.717) is 5.39 Å². The van der Waals surface area contributed by atoms with Gasteiger partial charge in [0.05, 0.1) is 22.6 Å². The van der Waals surface area contributed by atoms with Gasteiger partial charge in [0.25, 0.3) is 5.56 Å². The number of benzene rings is 1. The first kappa shape index (κ1) is 17.3. The van der Waals surface area contributed by atoms with Crippen LogP contribution in [0.3, 0.4) is 0 Å². The van der Waals surface area contributed by atoms with Crippen LogP contribution >= 0.6 is 0 Å². The average Bonchev–Trinajstić information content (AvgIpc) is 3.19. The van der Waals surface area contributed by atoms with Crippen molar-refractivity contribution in [1.29, 1.82) is 0 Å². The average molecular weight is 376 g/mol. The van der Waals surface area contributed by atoms with Crippen LogP contribution in [0.25, 0.3) is 10.9 Å². The highest BCUT2D eigenvalue weighted by atomic mass is 16.1. The number of rotatable bonds is 2. The number of anilines is 1. The van der Waals surface area contributed by atoms with Gasteiger partial charge in [-0.2, -0.15) is 0 Å². The monoisotopic (exact) mass is 376 g/mol. The Morgan fingerprint density at radius 1 is 1.11 bits per heavy atom. The van der Waals surface area contributed by atoms with Gasteiger partial charge in [0, 0.05) is 38.7 Å². The van der Waals surface area contributed by atoms with Gasteiger partial charge in [0.1, 0.15) is 18.0 Å². The smallest absolute Gasteiger partial charge is 0.261 e. The minimum Gasteiger partial charge on any atom is -0.346 e. The topological polar surface area (TPSA) is 67.2 Å². The van der Waals surface area contributed by atoms with Crippen LogP contribution < -0.4 is 10.5 Å². The molecule has 3 aromatic rings. The van der Waals surface area contributed by atoms with Gasteiger partial charge in [0.15, 0.2) is 0 Å². The normalized spacial score (nSPS) is 19.9. The second-order valence-corrected chi connectivity index (χ2v) is 7.81. The van der Waals surface area contributed by atoms with Gasteiger partial charge in [0.2, 0.25) is 0 Å². The molecule has 1 unspecified atom stereocenters. The summed E-state index contributed by atoms with van der Waals surface area (Å²) in [7, 11) is 3.96. The summed E-state index contributed by atoms with van der Waals surface area (Å²) in [6.45, 7) is 2.80. The molecule has 1 fully saturated rings. The van der Waals surface area contributed by atoms with Gasteiger partial charge in [-0.1, -0.05) is 12.1 Å². The van der Waals surface area contributed by atoms with Gasteiger partial charge >= 0.3 is 0 Å². The molecule has 7 nitrogen and oxygen atoms in total. The third kappa shape index (κ3) is 2.69. The molecule has 1 saturated heterocycles. The number of fused-ring (bicyclic) bond motifs is 2. The standard InChI is InChI=1S/C21H24N6O/c1-25-11-9-16-15(12-25)19(23-13-22-16)27-10-5-8-18(27)20-24-17-7-4-3-6-14(17)21(28)26(20)2/h3-4,6-7,13,18H,5,8-12H2,1-2H3. The molecule has 4 heterocycles. The van der Waals surface area contributed by atoms with E-state index in [1.807, 2.05) is 31.3 Å². The largest absolute Gasteiger partial charge is 0.346 e. The van der Waals surface area contributed by atoms with Crippen LogP contribution in [0.1, 0.15) is 36.0 Å². The minimum absolute atomic E-state index is 0.0110. The van der Waals surface area contributed by atoms with Crippen molar-refractivity contribution in [2.75, 3.05) is 25.0 Å². The molecule has 1 aromatic carbocycles. The van der Waals surface area contributed by atoms with Crippen LogP contribution in [0.15, 0.2) is 35.4 Å². The third-order valence-electron chi connectivity index (χ3n) is 6.01. The molecule has 144 valence electrons. The lowest BCUT2D eigenvalue weighted by Gasteiger charge is -2.32. The maximum absolute atomic E-state index is 12.9. The maximum Gasteiger partial charge on any atom is 0.261 e. The van der Waals surface area contributed by atoms with Crippen LogP contribution in [0.2, 0.25) is 0 Å². The summed E-state index contributed by atoms with van der Waals surface area (Å²) in [5.74, 6) is 1.82. The summed E-state index contributed by atoms with van der Waals surface area (Å²) < 4.78 is 1.71. The third-order valence-corrected chi connectivity index (χ3v) is 6.01.